The molecule has 6 heteroatoms. The van der Waals surface area contributed by atoms with Crippen LogP contribution in [-0.2, 0) is 0 Å². The summed E-state index contributed by atoms with van der Waals surface area (Å²) in [7, 11) is 0. The van der Waals surface area contributed by atoms with Gasteiger partial charge in [-0.3, -0.25) is 14.9 Å². The third kappa shape index (κ3) is 2.84. The second-order valence-electron chi connectivity index (χ2n) is 4.70. The number of benzene rings is 2. The zero-order valence-corrected chi connectivity index (χ0v) is 11.7. The van der Waals surface area contributed by atoms with Crippen molar-refractivity contribution in [2.24, 2.45) is 0 Å². The first-order valence-electron chi connectivity index (χ1n) is 6.32. The Morgan fingerprint density at radius 1 is 1.19 bits per heavy atom. The number of nitro benzene ring substituents is 1. The Kier molecular flexibility index (Phi) is 3.89. The molecule has 0 spiro atoms. The van der Waals surface area contributed by atoms with Crippen molar-refractivity contribution in [2.45, 2.75) is 13.8 Å². The molecular formula is C15H15N3O3. The lowest BCUT2D eigenvalue weighted by Gasteiger charge is -2.11. The fourth-order valence-electron chi connectivity index (χ4n) is 2.02. The van der Waals surface area contributed by atoms with Crippen LogP contribution in [0.15, 0.2) is 36.4 Å². The molecule has 0 saturated heterocycles. The van der Waals surface area contributed by atoms with Crippen LogP contribution in [0.25, 0.3) is 0 Å². The predicted octanol–water partition coefficient (Wildman–Crippen LogP) is 3.05. The highest BCUT2D eigenvalue weighted by molar-refractivity contribution is 6.08. The number of nitrogens with two attached hydrogens (primary N) is 1. The van der Waals surface area contributed by atoms with Gasteiger partial charge in [0.05, 0.1) is 4.92 Å². The van der Waals surface area contributed by atoms with Gasteiger partial charge >= 0.3 is 5.69 Å². The average molecular weight is 285 g/mol. The van der Waals surface area contributed by atoms with Gasteiger partial charge < -0.3 is 11.1 Å². The Balaban J connectivity index is 2.40. The molecule has 0 aliphatic heterocycles. The number of nitrogens with one attached hydrogen (secondary N) is 1. The minimum atomic E-state index is -0.645. The summed E-state index contributed by atoms with van der Waals surface area (Å²) in [5.74, 6) is -0.553. The maximum Gasteiger partial charge on any atom is 0.304 e. The molecule has 21 heavy (non-hydrogen) atoms. The first-order chi connectivity index (χ1) is 9.91. The standard InChI is InChI=1S/C15H15N3O3/c1-9-5-3-8-13(10(9)2)17-15(19)11-6-4-7-12(16)14(11)18(20)21/h3-8H,16H2,1-2H3,(H,17,19). The lowest BCUT2D eigenvalue weighted by atomic mass is 10.1. The summed E-state index contributed by atoms with van der Waals surface area (Å²) in [5.41, 5.74) is 7.68. The highest BCUT2D eigenvalue weighted by atomic mass is 16.6. The van der Waals surface area contributed by atoms with Crippen molar-refractivity contribution in [3.8, 4) is 0 Å². The van der Waals surface area contributed by atoms with Crippen LogP contribution >= 0.6 is 0 Å². The summed E-state index contributed by atoms with van der Waals surface area (Å²) in [5, 5.41) is 13.8. The van der Waals surface area contributed by atoms with E-state index in [2.05, 4.69) is 5.32 Å². The van der Waals surface area contributed by atoms with Crippen molar-refractivity contribution < 1.29 is 9.72 Å². The van der Waals surface area contributed by atoms with Gasteiger partial charge in [0.15, 0.2) is 0 Å². The van der Waals surface area contributed by atoms with Gasteiger partial charge in [0.2, 0.25) is 0 Å². The van der Waals surface area contributed by atoms with Crippen LogP contribution in [0.5, 0.6) is 0 Å². The number of para-hydroxylation sites is 1. The zero-order valence-electron chi connectivity index (χ0n) is 11.7. The number of rotatable bonds is 3. The average Bonchev–Trinajstić information content (AvgIpc) is 2.43. The van der Waals surface area contributed by atoms with Crippen molar-refractivity contribution in [1.82, 2.24) is 0 Å². The quantitative estimate of drug-likeness (QED) is 0.514. The molecule has 6 nitrogen and oxygen atoms in total. The number of hydrogen-bond donors (Lipinski definition) is 2. The highest BCUT2D eigenvalue weighted by Crippen LogP contribution is 2.27. The molecule has 0 heterocycles. The lowest BCUT2D eigenvalue weighted by molar-refractivity contribution is -0.384. The molecule has 0 aromatic heterocycles. The fraction of sp³-hybridized carbons (Fsp3) is 0.133. The van der Waals surface area contributed by atoms with Gasteiger partial charge in [-0.15, -0.1) is 0 Å². The second-order valence-corrected chi connectivity index (χ2v) is 4.70. The summed E-state index contributed by atoms with van der Waals surface area (Å²) in [6, 6.07) is 9.78. The van der Waals surface area contributed by atoms with E-state index in [0.29, 0.717) is 5.69 Å². The first-order valence-corrected chi connectivity index (χ1v) is 6.32. The molecule has 0 unspecified atom stereocenters. The zero-order chi connectivity index (χ0) is 15.6. The summed E-state index contributed by atoms with van der Waals surface area (Å²) < 4.78 is 0. The van der Waals surface area contributed by atoms with Gasteiger partial charge in [-0.25, -0.2) is 0 Å². The van der Waals surface area contributed by atoms with E-state index in [4.69, 9.17) is 5.73 Å². The Hall–Kier alpha value is -2.89. The van der Waals surface area contributed by atoms with Crippen LogP contribution in [0, 0.1) is 24.0 Å². The SMILES string of the molecule is Cc1cccc(NC(=O)c2cccc(N)c2[N+](=O)[O-])c1C. The van der Waals surface area contributed by atoms with Gasteiger partial charge in [0, 0.05) is 5.69 Å². The monoisotopic (exact) mass is 285 g/mol. The van der Waals surface area contributed by atoms with Crippen molar-refractivity contribution in [1.29, 1.82) is 0 Å². The van der Waals surface area contributed by atoms with E-state index < -0.39 is 10.8 Å². The number of amides is 1. The van der Waals surface area contributed by atoms with Gasteiger partial charge in [-0.2, -0.15) is 0 Å². The molecule has 2 aromatic carbocycles. The van der Waals surface area contributed by atoms with Gasteiger partial charge in [-0.1, -0.05) is 18.2 Å². The van der Waals surface area contributed by atoms with Crippen LogP contribution in [0.3, 0.4) is 0 Å². The number of nitrogens with zero attached hydrogens (tertiary/aromatic N) is 1. The van der Waals surface area contributed by atoms with Crippen molar-refractivity contribution >= 4 is 23.0 Å². The number of nitro groups is 1. The van der Waals surface area contributed by atoms with Gasteiger partial charge in [0.1, 0.15) is 11.3 Å². The van der Waals surface area contributed by atoms with Crippen LogP contribution in [0.1, 0.15) is 21.5 Å². The predicted molar refractivity (Wildman–Crippen MR) is 81.4 cm³/mol. The fourth-order valence-corrected chi connectivity index (χ4v) is 2.02. The van der Waals surface area contributed by atoms with E-state index in [1.54, 1.807) is 6.07 Å². The molecule has 0 fully saturated rings. The number of anilines is 2. The van der Waals surface area contributed by atoms with E-state index in [9.17, 15) is 14.9 Å². The van der Waals surface area contributed by atoms with Gasteiger partial charge in [0.25, 0.3) is 5.91 Å². The summed E-state index contributed by atoms with van der Waals surface area (Å²) in [6.07, 6.45) is 0. The molecule has 108 valence electrons. The minimum absolute atomic E-state index is 0.0337. The van der Waals surface area contributed by atoms with Gasteiger partial charge in [-0.05, 0) is 43.2 Å². The summed E-state index contributed by atoms with van der Waals surface area (Å²) in [4.78, 5) is 22.7. The number of carbonyl (C=O) groups is 1. The second kappa shape index (κ2) is 5.62. The van der Waals surface area contributed by atoms with Crippen LogP contribution in [0.2, 0.25) is 0 Å². The van der Waals surface area contributed by atoms with Crippen LogP contribution in [-0.4, -0.2) is 10.8 Å². The maximum atomic E-state index is 12.3. The molecule has 2 rings (SSSR count). The Bertz CT molecular complexity index is 726. The lowest BCUT2D eigenvalue weighted by Crippen LogP contribution is -2.15. The number of hydrogen-bond acceptors (Lipinski definition) is 4. The maximum absolute atomic E-state index is 12.3. The number of nitrogen functional groups attached to an aromatic ring is 1. The molecule has 0 saturated carbocycles. The minimum Gasteiger partial charge on any atom is -0.393 e. The van der Waals surface area contributed by atoms with E-state index >= 15 is 0 Å². The van der Waals surface area contributed by atoms with E-state index in [1.165, 1.54) is 18.2 Å². The smallest absolute Gasteiger partial charge is 0.304 e. The topological polar surface area (TPSA) is 98.3 Å². The molecule has 2 aromatic rings. The summed E-state index contributed by atoms with van der Waals surface area (Å²) >= 11 is 0. The van der Waals surface area contributed by atoms with E-state index in [1.807, 2.05) is 26.0 Å². The first kappa shape index (κ1) is 14.5. The number of aryl methyl sites for hydroxylation is 1. The Labute approximate surface area is 121 Å². The van der Waals surface area contributed by atoms with Crippen molar-refractivity contribution in [3.63, 3.8) is 0 Å². The van der Waals surface area contributed by atoms with Crippen molar-refractivity contribution in [3.05, 3.63) is 63.2 Å². The molecule has 0 atom stereocenters. The molecule has 0 aliphatic carbocycles. The molecular weight excluding hydrogens is 270 g/mol. The third-order valence-corrected chi connectivity index (χ3v) is 3.35. The molecule has 1 amide bonds. The van der Waals surface area contributed by atoms with Crippen LogP contribution in [0.4, 0.5) is 17.1 Å². The normalized spacial score (nSPS) is 10.2. The van der Waals surface area contributed by atoms with Crippen molar-refractivity contribution in [2.75, 3.05) is 11.1 Å². The highest BCUT2D eigenvalue weighted by Gasteiger charge is 2.23. The summed E-state index contributed by atoms with van der Waals surface area (Å²) in [6.45, 7) is 3.80. The molecule has 0 bridgehead atoms. The number of carbonyl (C=O) groups excluding carboxylic acids is 1. The van der Waals surface area contributed by atoms with E-state index in [-0.39, 0.29) is 16.9 Å². The molecule has 0 radical (unpaired) electrons. The van der Waals surface area contributed by atoms with E-state index in [0.717, 1.165) is 11.1 Å². The van der Waals surface area contributed by atoms with Crippen LogP contribution < -0.4 is 11.1 Å². The Morgan fingerprint density at radius 2 is 1.86 bits per heavy atom. The Morgan fingerprint density at radius 3 is 2.52 bits per heavy atom. The largest absolute Gasteiger partial charge is 0.393 e. The molecule has 0 aliphatic rings. The third-order valence-electron chi connectivity index (χ3n) is 3.35. The molecule has 3 N–H and O–H groups in total.